The number of hydrogen-bond acceptors (Lipinski definition) is 13. The van der Waals surface area contributed by atoms with Crippen LogP contribution in [0.15, 0.2) is 36.5 Å². The van der Waals surface area contributed by atoms with Gasteiger partial charge in [0.1, 0.15) is 13.2 Å². The summed E-state index contributed by atoms with van der Waals surface area (Å²) in [5.74, 6) is -4.95. The van der Waals surface area contributed by atoms with Gasteiger partial charge in [-0.1, -0.05) is 0 Å². The van der Waals surface area contributed by atoms with E-state index in [1.807, 2.05) is 0 Å². The minimum atomic E-state index is -0.954. The SMILES string of the molecule is COC(=O)/C=C/C(=O)OCCN(CCOC(=O)/C=C/C(=O)OC)OC(=O)/C=C/C(=O)OC. The van der Waals surface area contributed by atoms with Gasteiger partial charge in [-0.05, 0) is 0 Å². The molecule has 0 aromatic carbocycles. The lowest BCUT2D eigenvalue weighted by molar-refractivity contribution is -0.190. The molecule has 13 nitrogen and oxygen atoms in total. The van der Waals surface area contributed by atoms with Gasteiger partial charge >= 0.3 is 35.8 Å². The van der Waals surface area contributed by atoms with Gasteiger partial charge in [0, 0.05) is 36.5 Å². The van der Waals surface area contributed by atoms with E-state index in [0.29, 0.717) is 0 Å². The molecule has 0 N–H and O–H groups in total. The van der Waals surface area contributed by atoms with Gasteiger partial charge in [-0.3, -0.25) is 0 Å². The van der Waals surface area contributed by atoms with Crippen LogP contribution in [-0.2, 0) is 57.3 Å². The molecule has 0 atom stereocenters. The molecule has 176 valence electrons. The number of methoxy groups -OCH3 is 3. The predicted molar refractivity (Wildman–Crippen MR) is 103 cm³/mol. The van der Waals surface area contributed by atoms with E-state index in [-0.39, 0.29) is 26.3 Å². The van der Waals surface area contributed by atoms with Crippen molar-refractivity contribution in [1.82, 2.24) is 5.06 Å². The maximum Gasteiger partial charge on any atom is 0.349 e. The van der Waals surface area contributed by atoms with Crippen molar-refractivity contribution in [3.05, 3.63) is 36.5 Å². The minimum Gasteiger partial charge on any atom is -0.466 e. The average Bonchev–Trinajstić information content (AvgIpc) is 2.78. The van der Waals surface area contributed by atoms with Crippen LogP contribution >= 0.6 is 0 Å². The van der Waals surface area contributed by atoms with Gasteiger partial charge in [0.25, 0.3) is 0 Å². The fraction of sp³-hybridized carbons (Fsp3) is 0.368. The maximum atomic E-state index is 11.8. The molecule has 0 fully saturated rings. The topological polar surface area (TPSA) is 161 Å². The Bertz CT molecular complexity index is 724. The van der Waals surface area contributed by atoms with Crippen LogP contribution < -0.4 is 0 Å². The van der Waals surface area contributed by atoms with E-state index in [1.54, 1.807) is 0 Å². The second-order valence-electron chi connectivity index (χ2n) is 5.24. The summed E-state index contributed by atoms with van der Waals surface area (Å²) in [7, 11) is 3.39. The zero-order valence-electron chi connectivity index (χ0n) is 17.6. The highest BCUT2D eigenvalue weighted by molar-refractivity contribution is 5.92. The molecule has 0 aromatic rings. The van der Waals surface area contributed by atoms with E-state index in [2.05, 4.69) is 14.2 Å². The third-order valence-corrected chi connectivity index (χ3v) is 3.06. The van der Waals surface area contributed by atoms with Crippen LogP contribution in [0.5, 0.6) is 0 Å². The molecule has 0 aliphatic carbocycles. The summed E-state index contributed by atoms with van der Waals surface area (Å²) in [4.78, 5) is 72.7. The van der Waals surface area contributed by atoms with Crippen LogP contribution in [0.25, 0.3) is 0 Å². The lowest BCUT2D eigenvalue weighted by Gasteiger charge is -2.19. The van der Waals surface area contributed by atoms with E-state index >= 15 is 0 Å². The number of hydrogen-bond donors (Lipinski definition) is 0. The molecule has 0 spiro atoms. The maximum absolute atomic E-state index is 11.8. The summed E-state index contributed by atoms with van der Waals surface area (Å²) >= 11 is 0. The minimum absolute atomic E-state index is 0.148. The van der Waals surface area contributed by atoms with Crippen molar-refractivity contribution in [2.45, 2.75) is 0 Å². The Morgan fingerprint density at radius 1 is 0.531 bits per heavy atom. The normalized spacial score (nSPS) is 10.9. The van der Waals surface area contributed by atoms with Crippen LogP contribution in [0.1, 0.15) is 0 Å². The number of rotatable bonds is 13. The Morgan fingerprint density at radius 3 is 1.19 bits per heavy atom. The number of nitrogens with zero attached hydrogens (tertiary/aromatic N) is 1. The Morgan fingerprint density at radius 2 is 0.844 bits per heavy atom. The molecule has 0 saturated carbocycles. The van der Waals surface area contributed by atoms with E-state index in [4.69, 9.17) is 14.3 Å². The number of carbonyl (C=O) groups excluding carboxylic acids is 6. The van der Waals surface area contributed by atoms with Crippen molar-refractivity contribution in [2.24, 2.45) is 0 Å². The summed E-state index contributed by atoms with van der Waals surface area (Å²) in [6, 6.07) is 0. The van der Waals surface area contributed by atoms with Crippen LogP contribution in [-0.4, -0.2) is 88.5 Å². The smallest absolute Gasteiger partial charge is 0.349 e. The first-order valence-electron chi connectivity index (χ1n) is 8.80. The molecule has 0 heterocycles. The van der Waals surface area contributed by atoms with Gasteiger partial charge in [0.15, 0.2) is 0 Å². The number of carbonyl (C=O) groups is 6. The number of hydroxylamine groups is 2. The summed E-state index contributed by atoms with van der Waals surface area (Å²) in [5.41, 5.74) is 0. The molecule has 0 unspecified atom stereocenters. The number of ether oxygens (including phenoxy) is 5. The van der Waals surface area contributed by atoms with Crippen molar-refractivity contribution in [2.75, 3.05) is 47.6 Å². The quantitative estimate of drug-likeness (QED) is 0.144. The van der Waals surface area contributed by atoms with Crippen molar-refractivity contribution >= 4 is 35.8 Å². The van der Waals surface area contributed by atoms with E-state index in [0.717, 1.165) is 62.8 Å². The van der Waals surface area contributed by atoms with Gasteiger partial charge in [-0.15, -0.1) is 5.06 Å². The third-order valence-electron chi connectivity index (χ3n) is 3.06. The molecular weight excluding hydrogens is 434 g/mol. The Labute approximate surface area is 183 Å². The molecule has 0 radical (unpaired) electrons. The molecule has 0 aliphatic heterocycles. The van der Waals surface area contributed by atoms with Crippen LogP contribution in [0.3, 0.4) is 0 Å². The highest BCUT2D eigenvalue weighted by Crippen LogP contribution is 1.97. The van der Waals surface area contributed by atoms with Gasteiger partial charge in [-0.2, -0.15) is 0 Å². The van der Waals surface area contributed by atoms with Crippen molar-refractivity contribution in [1.29, 1.82) is 0 Å². The number of esters is 5. The van der Waals surface area contributed by atoms with Gasteiger partial charge in [0.05, 0.1) is 34.4 Å². The Hall–Kier alpha value is -4.00. The summed E-state index contributed by atoms with van der Waals surface area (Å²) in [6.45, 7) is -0.834. The first-order chi connectivity index (χ1) is 15.2. The second kappa shape index (κ2) is 16.8. The van der Waals surface area contributed by atoms with Crippen LogP contribution in [0.2, 0.25) is 0 Å². The molecular formula is C19H23NO12. The second-order valence-corrected chi connectivity index (χ2v) is 5.24. The molecule has 0 saturated heterocycles. The van der Waals surface area contributed by atoms with Crippen molar-refractivity contribution < 1.29 is 57.3 Å². The first kappa shape index (κ1) is 28.0. The standard InChI is InChI=1S/C19H23NO12/c1-27-14(21)4-7-17(24)30-12-10-20(32-19(26)9-6-16(23)29-3)11-13-31-18(25)8-5-15(22)28-2/h4-9H,10-13H2,1-3H3/b7-4+,8-5+,9-6+. The largest absolute Gasteiger partial charge is 0.466 e. The van der Waals surface area contributed by atoms with Gasteiger partial charge in [0.2, 0.25) is 0 Å². The molecule has 0 rings (SSSR count). The van der Waals surface area contributed by atoms with E-state index in [9.17, 15) is 28.8 Å². The molecule has 0 bridgehead atoms. The Balaban J connectivity index is 4.76. The monoisotopic (exact) mass is 457 g/mol. The van der Waals surface area contributed by atoms with Crippen molar-refractivity contribution in [3.8, 4) is 0 Å². The third kappa shape index (κ3) is 14.9. The van der Waals surface area contributed by atoms with Crippen molar-refractivity contribution in [3.63, 3.8) is 0 Å². The molecule has 32 heavy (non-hydrogen) atoms. The highest BCUT2D eigenvalue weighted by Gasteiger charge is 2.13. The summed E-state index contributed by atoms with van der Waals surface area (Å²) < 4.78 is 22.7. The van der Waals surface area contributed by atoms with E-state index in [1.165, 1.54) is 0 Å². The van der Waals surface area contributed by atoms with E-state index < -0.39 is 35.8 Å². The fourth-order valence-corrected chi connectivity index (χ4v) is 1.57. The first-order valence-corrected chi connectivity index (χ1v) is 8.80. The van der Waals surface area contributed by atoms with Gasteiger partial charge < -0.3 is 28.5 Å². The summed E-state index contributed by atoms with van der Waals surface area (Å²) in [5, 5.41) is 0.999. The summed E-state index contributed by atoms with van der Waals surface area (Å²) in [6.07, 6.45) is 5.04. The van der Waals surface area contributed by atoms with Crippen LogP contribution in [0.4, 0.5) is 0 Å². The fourth-order valence-electron chi connectivity index (χ4n) is 1.57. The molecule has 13 heteroatoms. The lowest BCUT2D eigenvalue weighted by Crippen LogP contribution is -2.34. The average molecular weight is 457 g/mol. The zero-order chi connectivity index (χ0) is 24.4. The highest BCUT2D eigenvalue weighted by atomic mass is 16.7. The molecule has 0 aromatic heterocycles. The van der Waals surface area contributed by atoms with Gasteiger partial charge in [-0.25, -0.2) is 28.8 Å². The molecule has 0 aliphatic rings. The zero-order valence-corrected chi connectivity index (χ0v) is 17.6. The predicted octanol–water partition coefficient (Wildman–Crippen LogP) is -0.979. The molecule has 0 amide bonds. The Kier molecular flexibility index (Phi) is 14.7. The van der Waals surface area contributed by atoms with Crippen LogP contribution in [0, 0.1) is 0 Å². The lowest BCUT2D eigenvalue weighted by atomic mass is 10.5.